The van der Waals surface area contributed by atoms with Crippen molar-refractivity contribution in [1.29, 1.82) is 0 Å². The van der Waals surface area contributed by atoms with Crippen molar-refractivity contribution in [3.8, 4) is 0 Å². The van der Waals surface area contributed by atoms with E-state index in [0.717, 1.165) is 37.4 Å². The lowest BCUT2D eigenvalue weighted by Crippen LogP contribution is -2.24. The number of anilines is 1. The van der Waals surface area contributed by atoms with Gasteiger partial charge in [0.2, 0.25) is 0 Å². The second-order valence-corrected chi connectivity index (χ2v) is 6.76. The lowest BCUT2D eigenvalue weighted by Gasteiger charge is -2.18. The van der Waals surface area contributed by atoms with Crippen LogP contribution in [-0.4, -0.2) is 24.5 Å². The van der Waals surface area contributed by atoms with Gasteiger partial charge in [0, 0.05) is 30.9 Å². The molecule has 3 rings (SSSR count). The molecule has 1 N–H and O–H groups in total. The fourth-order valence-electron chi connectivity index (χ4n) is 2.86. The van der Waals surface area contributed by atoms with E-state index in [1.165, 1.54) is 16.8 Å². The molecule has 23 heavy (non-hydrogen) atoms. The first kappa shape index (κ1) is 15.9. The second kappa shape index (κ2) is 7.55. The van der Waals surface area contributed by atoms with Crippen molar-refractivity contribution < 1.29 is 4.79 Å². The van der Waals surface area contributed by atoms with Crippen LogP contribution in [-0.2, 0) is 13.1 Å². The van der Waals surface area contributed by atoms with Gasteiger partial charge in [-0.25, -0.2) is 0 Å². The molecule has 1 aliphatic rings. The van der Waals surface area contributed by atoms with Gasteiger partial charge >= 0.3 is 0 Å². The van der Waals surface area contributed by atoms with Crippen molar-refractivity contribution in [3.63, 3.8) is 0 Å². The van der Waals surface area contributed by atoms with Gasteiger partial charge < -0.3 is 10.2 Å². The number of carbonyl (C=O) groups is 1. The quantitative estimate of drug-likeness (QED) is 0.822. The van der Waals surface area contributed by atoms with Crippen molar-refractivity contribution >= 4 is 23.4 Å². The number of rotatable bonds is 6. The van der Waals surface area contributed by atoms with Crippen molar-refractivity contribution in [1.82, 2.24) is 5.32 Å². The molecule has 2 aromatic rings. The first-order chi connectivity index (χ1) is 11.3. The van der Waals surface area contributed by atoms with Crippen LogP contribution in [0.15, 0.2) is 48.5 Å². The molecule has 0 bridgehead atoms. The zero-order valence-corrected chi connectivity index (χ0v) is 14.2. The average molecular weight is 326 g/mol. The third-order valence-corrected chi connectivity index (χ3v) is 4.84. The number of hydrogen-bond acceptors (Lipinski definition) is 3. The van der Waals surface area contributed by atoms with Crippen molar-refractivity contribution in [2.24, 2.45) is 0 Å². The lowest BCUT2D eigenvalue weighted by molar-refractivity contribution is 0.0954. The maximum atomic E-state index is 12.1. The molecular weight excluding hydrogens is 304 g/mol. The van der Waals surface area contributed by atoms with Gasteiger partial charge in [0.1, 0.15) is 0 Å². The van der Waals surface area contributed by atoms with E-state index in [9.17, 15) is 4.79 Å². The van der Waals surface area contributed by atoms with Crippen LogP contribution in [0.4, 0.5) is 5.69 Å². The molecule has 4 heteroatoms. The number of benzene rings is 2. The number of carbonyl (C=O) groups excluding carboxylic acids is 1. The normalized spacial score (nSPS) is 13.0. The highest BCUT2D eigenvalue weighted by molar-refractivity contribution is 7.98. The fraction of sp³-hybridized carbons (Fsp3) is 0.316. The Bertz CT molecular complexity index is 644. The zero-order valence-electron chi connectivity index (χ0n) is 13.4. The van der Waals surface area contributed by atoms with Gasteiger partial charge in [0.15, 0.2) is 0 Å². The van der Waals surface area contributed by atoms with Gasteiger partial charge in [0.25, 0.3) is 5.91 Å². The van der Waals surface area contributed by atoms with Crippen LogP contribution in [0.2, 0.25) is 0 Å². The highest BCUT2D eigenvalue weighted by atomic mass is 32.2. The number of nitrogens with zero attached hydrogens (tertiary/aromatic N) is 1. The molecule has 0 saturated heterocycles. The molecule has 0 spiro atoms. The van der Waals surface area contributed by atoms with E-state index in [1.807, 2.05) is 24.3 Å². The molecule has 0 aliphatic carbocycles. The minimum absolute atomic E-state index is 0.0161. The van der Waals surface area contributed by atoms with Crippen LogP contribution in [0, 0.1) is 0 Å². The van der Waals surface area contributed by atoms with E-state index in [1.54, 1.807) is 11.8 Å². The van der Waals surface area contributed by atoms with Gasteiger partial charge in [-0.15, -0.1) is 0 Å². The molecule has 0 aromatic heterocycles. The summed E-state index contributed by atoms with van der Waals surface area (Å²) in [5.41, 5.74) is 4.68. The van der Waals surface area contributed by atoms with E-state index < -0.39 is 0 Å². The topological polar surface area (TPSA) is 32.3 Å². The minimum Gasteiger partial charge on any atom is -0.363 e. The molecule has 0 radical (unpaired) electrons. The summed E-state index contributed by atoms with van der Waals surface area (Å²) in [7, 11) is 0. The van der Waals surface area contributed by atoms with E-state index in [2.05, 4.69) is 40.7 Å². The highest BCUT2D eigenvalue weighted by Gasteiger charge is 2.18. The monoisotopic (exact) mass is 326 g/mol. The Morgan fingerprint density at radius 3 is 2.35 bits per heavy atom. The smallest absolute Gasteiger partial charge is 0.251 e. The largest absolute Gasteiger partial charge is 0.363 e. The molecule has 3 nitrogen and oxygen atoms in total. The number of hydrogen-bond donors (Lipinski definition) is 1. The van der Waals surface area contributed by atoms with Crippen LogP contribution in [0.25, 0.3) is 0 Å². The van der Waals surface area contributed by atoms with Gasteiger partial charge in [-0.3, -0.25) is 4.79 Å². The third kappa shape index (κ3) is 3.88. The Labute approximate surface area is 142 Å². The minimum atomic E-state index is 0.0161. The predicted octanol–water partition coefficient (Wildman–Crippen LogP) is 3.69. The van der Waals surface area contributed by atoms with Crippen LogP contribution >= 0.6 is 11.8 Å². The van der Waals surface area contributed by atoms with Crippen LogP contribution in [0.1, 0.15) is 27.9 Å². The standard InChI is InChI=1S/C19H22N2OS/c1-23-12-4-11-20-19(22)15-7-9-18(10-8-15)21-13-16-5-2-3-6-17(16)14-21/h2-3,5-10H,4,11-14H2,1H3,(H,20,22). The summed E-state index contributed by atoms with van der Waals surface area (Å²) >= 11 is 1.80. The van der Waals surface area contributed by atoms with Gasteiger partial charge in [-0.05, 0) is 53.8 Å². The maximum absolute atomic E-state index is 12.1. The Kier molecular flexibility index (Phi) is 5.23. The zero-order chi connectivity index (χ0) is 16.1. The molecule has 1 amide bonds. The van der Waals surface area contributed by atoms with E-state index in [-0.39, 0.29) is 5.91 Å². The number of fused-ring (bicyclic) bond motifs is 1. The molecule has 1 aliphatic heterocycles. The molecule has 0 atom stereocenters. The summed E-state index contributed by atoms with van der Waals surface area (Å²) in [5, 5.41) is 2.97. The summed E-state index contributed by atoms with van der Waals surface area (Å²) in [6, 6.07) is 16.5. The lowest BCUT2D eigenvalue weighted by atomic mass is 10.1. The first-order valence-corrected chi connectivity index (χ1v) is 9.36. The Morgan fingerprint density at radius 1 is 1.09 bits per heavy atom. The summed E-state index contributed by atoms with van der Waals surface area (Å²) in [4.78, 5) is 14.4. The summed E-state index contributed by atoms with van der Waals surface area (Å²) in [6.07, 6.45) is 3.09. The molecule has 0 unspecified atom stereocenters. The van der Waals surface area contributed by atoms with Gasteiger partial charge in [-0.1, -0.05) is 24.3 Å². The predicted molar refractivity (Wildman–Crippen MR) is 98.1 cm³/mol. The SMILES string of the molecule is CSCCCNC(=O)c1ccc(N2Cc3ccccc3C2)cc1. The summed E-state index contributed by atoms with van der Waals surface area (Å²) < 4.78 is 0. The maximum Gasteiger partial charge on any atom is 0.251 e. The first-order valence-electron chi connectivity index (χ1n) is 7.97. The fourth-order valence-corrected chi connectivity index (χ4v) is 3.29. The Morgan fingerprint density at radius 2 is 1.74 bits per heavy atom. The van der Waals surface area contributed by atoms with E-state index >= 15 is 0 Å². The second-order valence-electron chi connectivity index (χ2n) is 5.77. The highest BCUT2D eigenvalue weighted by Crippen LogP contribution is 2.28. The molecular formula is C19H22N2OS. The van der Waals surface area contributed by atoms with Gasteiger partial charge in [0.05, 0.1) is 0 Å². The number of amides is 1. The number of nitrogens with one attached hydrogen (secondary N) is 1. The van der Waals surface area contributed by atoms with Crippen LogP contribution in [0.3, 0.4) is 0 Å². The molecule has 0 fully saturated rings. The summed E-state index contributed by atoms with van der Waals surface area (Å²) in [6.45, 7) is 2.62. The summed E-state index contributed by atoms with van der Waals surface area (Å²) in [5.74, 6) is 1.09. The van der Waals surface area contributed by atoms with Crippen molar-refractivity contribution in [3.05, 3.63) is 65.2 Å². The van der Waals surface area contributed by atoms with Crippen LogP contribution in [0.5, 0.6) is 0 Å². The Hall–Kier alpha value is -1.94. The molecule has 0 saturated carbocycles. The van der Waals surface area contributed by atoms with Crippen molar-refractivity contribution in [2.45, 2.75) is 19.5 Å². The van der Waals surface area contributed by atoms with E-state index in [4.69, 9.17) is 0 Å². The van der Waals surface area contributed by atoms with Crippen LogP contribution < -0.4 is 10.2 Å². The Balaban J connectivity index is 1.59. The van der Waals surface area contributed by atoms with Crippen molar-refractivity contribution in [2.75, 3.05) is 23.5 Å². The molecule has 120 valence electrons. The van der Waals surface area contributed by atoms with E-state index in [0.29, 0.717) is 0 Å². The third-order valence-electron chi connectivity index (χ3n) is 4.15. The average Bonchev–Trinajstić information content (AvgIpc) is 3.03. The molecule has 1 heterocycles. The number of thioether (sulfide) groups is 1. The molecule has 2 aromatic carbocycles. The van der Waals surface area contributed by atoms with Gasteiger partial charge in [-0.2, -0.15) is 11.8 Å².